The number of carbonyl (C=O) groups is 2. The van der Waals surface area contributed by atoms with E-state index in [4.69, 9.17) is 6.42 Å². The molecule has 0 saturated carbocycles. The molecule has 0 aliphatic carbocycles. The molecule has 0 aliphatic rings. The van der Waals surface area contributed by atoms with Gasteiger partial charge in [-0.3, -0.25) is 4.79 Å². The van der Waals surface area contributed by atoms with Gasteiger partial charge in [0.1, 0.15) is 0 Å². The van der Waals surface area contributed by atoms with Crippen LogP contribution in [0.15, 0.2) is 12.1 Å². The van der Waals surface area contributed by atoms with Gasteiger partial charge in [-0.25, -0.2) is 4.79 Å². The van der Waals surface area contributed by atoms with Gasteiger partial charge in [0.2, 0.25) is 0 Å². The van der Waals surface area contributed by atoms with E-state index in [1.807, 2.05) is 0 Å². The monoisotopic (exact) mass is 259 g/mol. The Bertz CT molecular complexity index is 580. The molecule has 0 spiro atoms. The normalized spacial score (nSPS) is 10.7. The van der Waals surface area contributed by atoms with E-state index >= 15 is 0 Å². The van der Waals surface area contributed by atoms with E-state index < -0.39 is 17.4 Å². The number of aryl methyl sites for hydroxylation is 2. The van der Waals surface area contributed by atoms with Crippen LogP contribution in [0.25, 0.3) is 0 Å². The molecule has 0 saturated heterocycles. The van der Waals surface area contributed by atoms with Crippen LogP contribution < -0.4 is 5.32 Å². The Labute approximate surface area is 112 Å². The summed E-state index contributed by atoms with van der Waals surface area (Å²) < 4.78 is 0. The number of hydrogen-bond acceptors (Lipinski definition) is 2. The van der Waals surface area contributed by atoms with Gasteiger partial charge in [-0.05, 0) is 38.8 Å². The van der Waals surface area contributed by atoms with E-state index in [9.17, 15) is 14.7 Å². The Kier molecular flexibility index (Phi) is 4.01. The van der Waals surface area contributed by atoms with Crippen molar-refractivity contribution in [2.45, 2.75) is 33.2 Å². The zero-order chi connectivity index (χ0) is 14.8. The van der Waals surface area contributed by atoms with Crippen molar-refractivity contribution in [3.05, 3.63) is 34.4 Å². The van der Waals surface area contributed by atoms with Gasteiger partial charge in [-0.15, -0.1) is 6.42 Å². The third-order valence-corrected chi connectivity index (χ3v) is 2.85. The fraction of sp³-hybridized carbons (Fsp3) is 0.333. The number of benzene rings is 1. The van der Waals surface area contributed by atoms with E-state index in [-0.39, 0.29) is 11.1 Å². The molecule has 4 heteroatoms. The number of terminal acetylenes is 1. The Morgan fingerprint density at radius 3 is 2.11 bits per heavy atom. The molecular formula is C15H17NO3. The second kappa shape index (κ2) is 5.15. The first-order valence-corrected chi connectivity index (χ1v) is 5.83. The maximum atomic E-state index is 12.2. The number of rotatable bonds is 3. The van der Waals surface area contributed by atoms with Gasteiger partial charge in [0.15, 0.2) is 0 Å². The van der Waals surface area contributed by atoms with Crippen molar-refractivity contribution in [1.29, 1.82) is 0 Å². The lowest BCUT2D eigenvalue weighted by Gasteiger charge is -2.21. The molecule has 0 aliphatic heterocycles. The highest BCUT2D eigenvalue weighted by Crippen LogP contribution is 2.19. The summed E-state index contributed by atoms with van der Waals surface area (Å²) in [5.74, 6) is 0.854. The first-order chi connectivity index (χ1) is 8.69. The Hall–Kier alpha value is -2.28. The summed E-state index contributed by atoms with van der Waals surface area (Å²) >= 11 is 0. The Balaban J connectivity index is 3.35. The first kappa shape index (κ1) is 14.8. The smallest absolute Gasteiger partial charge is 0.336 e. The molecule has 0 atom stereocenters. The summed E-state index contributed by atoms with van der Waals surface area (Å²) in [5.41, 5.74) is 0.500. The third kappa shape index (κ3) is 3.14. The molecule has 100 valence electrons. The van der Waals surface area contributed by atoms with E-state index in [1.54, 1.807) is 39.8 Å². The summed E-state index contributed by atoms with van der Waals surface area (Å²) in [6.45, 7) is 6.71. The minimum atomic E-state index is -1.12. The molecule has 1 rings (SSSR count). The van der Waals surface area contributed by atoms with E-state index in [0.717, 1.165) is 0 Å². The van der Waals surface area contributed by atoms with Crippen LogP contribution in [-0.2, 0) is 0 Å². The van der Waals surface area contributed by atoms with Gasteiger partial charge < -0.3 is 10.4 Å². The van der Waals surface area contributed by atoms with Crippen molar-refractivity contribution in [3.63, 3.8) is 0 Å². The van der Waals surface area contributed by atoms with E-state index in [0.29, 0.717) is 11.1 Å². The Morgan fingerprint density at radius 2 is 1.68 bits per heavy atom. The largest absolute Gasteiger partial charge is 0.478 e. The average Bonchev–Trinajstić information content (AvgIpc) is 2.30. The number of carbonyl (C=O) groups excluding carboxylic acids is 1. The van der Waals surface area contributed by atoms with Gasteiger partial charge in [-0.2, -0.15) is 0 Å². The van der Waals surface area contributed by atoms with Crippen LogP contribution >= 0.6 is 0 Å². The highest BCUT2D eigenvalue weighted by atomic mass is 16.4. The molecule has 0 bridgehead atoms. The zero-order valence-corrected chi connectivity index (χ0v) is 11.5. The molecule has 1 aromatic rings. The van der Waals surface area contributed by atoms with Gasteiger partial charge in [0.25, 0.3) is 5.91 Å². The summed E-state index contributed by atoms with van der Waals surface area (Å²) in [7, 11) is 0. The van der Waals surface area contributed by atoms with Crippen LogP contribution in [0.4, 0.5) is 0 Å². The van der Waals surface area contributed by atoms with Crippen LogP contribution in [0.3, 0.4) is 0 Å². The zero-order valence-electron chi connectivity index (χ0n) is 11.5. The standard InChI is InChI=1S/C15H17NO3/c1-6-15(4,5)16-13(17)11-9(2)7-8-10(3)12(11)14(18)19/h1,7-8H,2-5H3,(H,16,17)(H,18,19). The summed E-state index contributed by atoms with van der Waals surface area (Å²) in [6.07, 6.45) is 5.32. The van der Waals surface area contributed by atoms with Crippen molar-refractivity contribution >= 4 is 11.9 Å². The highest BCUT2D eigenvalue weighted by Gasteiger charge is 2.25. The van der Waals surface area contributed by atoms with Gasteiger partial charge >= 0.3 is 5.97 Å². The number of carboxylic acids is 1. The van der Waals surface area contributed by atoms with Crippen LogP contribution in [0.5, 0.6) is 0 Å². The van der Waals surface area contributed by atoms with E-state index in [1.165, 1.54) is 0 Å². The second-order valence-corrected chi connectivity index (χ2v) is 4.98. The van der Waals surface area contributed by atoms with Crippen molar-refractivity contribution in [2.24, 2.45) is 0 Å². The van der Waals surface area contributed by atoms with Crippen molar-refractivity contribution in [3.8, 4) is 12.3 Å². The molecule has 0 radical (unpaired) electrons. The van der Waals surface area contributed by atoms with Crippen LogP contribution in [0.1, 0.15) is 45.7 Å². The fourth-order valence-corrected chi connectivity index (χ4v) is 1.76. The number of amides is 1. The van der Waals surface area contributed by atoms with Crippen molar-refractivity contribution in [1.82, 2.24) is 5.32 Å². The maximum Gasteiger partial charge on any atom is 0.336 e. The number of aromatic carboxylic acids is 1. The van der Waals surface area contributed by atoms with Crippen molar-refractivity contribution < 1.29 is 14.7 Å². The molecular weight excluding hydrogens is 242 g/mol. The molecule has 19 heavy (non-hydrogen) atoms. The minimum absolute atomic E-state index is 0.0188. The molecule has 0 unspecified atom stereocenters. The summed E-state index contributed by atoms with van der Waals surface area (Å²) in [6, 6.07) is 3.40. The lowest BCUT2D eigenvalue weighted by Crippen LogP contribution is -2.43. The lowest BCUT2D eigenvalue weighted by atomic mass is 9.95. The maximum absolute atomic E-state index is 12.2. The van der Waals surface area contributed by atoms with Gasteiger partial charge in [-0.1, -0.05) is 18.1 Å². The van der Waals surface area contributed by atoms with Crippen LogP contribution in [-0.4, -0.2) is 22.5 Å². The number of hydrogen-bond donors (Lipinski definition) is 2. The van der Waals surface area contributed by atoms with Crippen LogP contribution in [0.2, 0.25) is 0 Å². The molecule has 2 N–H and O–H groups in total. The summed E-state index contributed by atoms with van der Waals surface area (Å²) in [4.78, 5) is 23.6. The van der Waals surface area contributed by atoms with Gasteiger partial charge in [0.05, 0.1) is 16.7 Å². The average molecular weight is 259 g/mol. The third-order valence-electron chi connectivity index (χ3n) is 2.85. The quantitative estimate of drug-likeness (QED) is 0.817. The predicted molar refractivity (Wildman–Crippen MR) is 73.3 cm³/mol. The van der Waals surface area contributed by atoms with Crippen molar-refractivity contribution in [2.75, 3.05) is 0 Å². The highest BCUT2D eigenvalue weighted by molar-refractivity contribution is 6.07. The number of carboxylic acid groups (broad SMARTS) is 1. The number of nitrogens with one attached hydrogen (secondary N) is 1. The minimum Gasteiger partial charge on any atom is -0.478 e. The fourth-order valence-electron chi connectivity index (χ4n) is 1.76. The SMILES string of the molecule is C#CC(C)(C)NC(=O)c1c(C)ccc(C)c1C(=O)O. The Morgan fingerprint density at radius 1 is 1.21 bits per heavy atom. The lowest BCUT2D eigenvalue weighted by molar-refractivity contribution is 0.0689. The first-order valence-electron chi connectivity index (χ1n) is 5.83. The van der Waals surface area contributed by atoms with Gasteiger partial charge in [0, 0.05) is 0 Å². The molecule has 1 aromatic carbocycles. The molecule has 0 fully saturated rings. The molecule has 4 nitrogen and oxygen atoms in total. The predicted octanol–water partition coefficient (Wildman–Crippen LogP) is 2.14. The van der Waals surface area contributed by atoms with Crippen LogP contribution in [0, 0.1) is 26.2 Å². The molecule has 1 amide bonds. The molecule has 0 aromatic heterocycles. The van der Waals surface area contributed by atoms with E-state index in [2.05, 4.69) is 11.2 Å². The topological polar surface area (TPSA) is 66.4 Å². The summed E-state index contributed by atoms with van der Waals surface area (Å²) in [5, 5.41) is 11.9. The molecule has 0 heterocycles. The second-order valence-electron chi connectivity index (χ2n) is 4.98.